The molecule has 2 aromatic rings. The third kappa shape index (κ3) is 2.50. The molecule has 1 unspecified atom stereocenters. The minimum Gasteiger partial charge on any atom is -0.480 e. The zero-order chi connectivity index (χ0) is 16.7. The van der Waals surface area contributed by atoms with E-state index in [1.807, 2.05) is 30.0 Å². The lowest BCUT2D eigenvalue weighted by Crippen LogP contribution is -2.46. The molecule has 0 aliphatic carbocycles. The molecule has 1 fully saturated rings. The Morgan fingerprint density at radius 1 is 1.33 bits per heavy atom. The van der Waals surface area contributed by atoms with Crippen LogP contribution in [0.1, 0.15) is 30.0 Å². The molecule has 7 heteroatoms. The van der Waals surface area contributed by atoms with E-state index < -0.39 is 6.10 Å². The average molecular weight is 328 g/mol. The van der Waals surface area contributed by atoms with Gasteiger partial charge in [-0.25, -0.2) is 9.89 Å². The van der Waals surface area contributed by atoms with E-state index in [0.717, 1.165) is 29.7 Å². The van der Waals surface area contributed by atoms with Crippen molar-refractivity contribution in [1.29, 1.82) is 0 Å². The van der Waals surface area contributed by atoms with E-state index in [9.17, 15) is 9.59 Å². The van der Waals surface area contributed by atoms with E-state index in [4.69, 9.17) is 4.74 Å². The molecule has 2 aliphatic rings. The Hall–Kier alpha value is -2.57. The number of para-hydroxylation sites is 1. The highest BCUT2D eigenvalue weighted by molar-refractivity contribution is 5.83. The molecule has 7 nitrogen and oxygen atoms in total. The Kier molecular flexibility index (Phi) is 3.63. The van der Waals surface area contributed by atoms with Gasteiger partial charge in [-0.2, -0.15) is 5.10 Å². The summed E-state index contributed by atoms with van der Waals surface area (Å²) in [6, 6.07) is 6.12. The maximum absolute atomic E-state index is 12.8. The van der Waals surface area contributed by atoms with E-state index in [-0.39, 0.29) is 17.6 Å². The third-order valence-electron chi connectivity index (χ3n) is 4.98. The Balaban J connectivity index is 1.40. The number of rotatable bonds is 2. The normalized spacial score (nSPS) is 20.7. The molecular formula is C17H20N4O3. The van der Waals surface area contributed by atoms with Crippen molar-refractivity contribution in [3.8, 4) is 5.75 Å². The number of carbonyl (C=O) groups is 1. The van der Waals surface area contributed by atoms with Crippen molar-refractivity contribution in [1.82, 2.24) is 19.7 Å². The van der Waals surface area contributed by atoms with Crippen LogP contribution in [0.3, 0.4) is 0 Å². The minimum atomic E-state index is -0.422. The Morgan fingerprint density at radius 3 is 2.79 bits per heavy atom. The molecule has 0 radical (unpaired) electrons. The fourth-order valence-corrected chi connectivity index (χ4v) is 3.65. The lowest BCUT2D eigenvalue weighted by Gasteiger charge is -2.33. The quantitative estimate of drug-likeness (QED) is 0.893. The highest BCUT2D eigenvalue weighted by atomic mass is 16.5. The number of hydrogen-bond donors (Lipinski definition) is 1. The van der Waals surface area contributed by atoms with E-state index >= 15 is 0 Å². The first kappa shape index (κ1) is 15.0. The van der Waals surface area contributed by atoms with Gasteiger partial charge in [0.1, 0.15) is 12.1 Å². The monoisotopic (exact) mass is 328 g/mol. The van der Waals surface area contributed by atoms with Crippen molar-refractivity contribution in [3.05, 3.63) is 46.1 Å². The first-order chi connectivity index (χ1) is 11.6. The lowest BCUT2D eigenvalue weighted by atomic mass is 10.0. The lowest BCUT2D eigenvalue weighted by molar-refractivity contribution is -0.139. The summed E-state index contributed by atoms with van der Waals surface area (Å²) >= 11 is 0. The Morgan fingerprint density at radius 2 is 2.12 bits per heavy atom. The zero-order valence-corrected chi connectivity index (χ0v) is 13.6. The van der Waals surface area contributed by atoms with Gasteiger partial charge in [-0.05, 0) is 30.9 Å². The molecular weight excluding hydrogens is 308 g/mol. The van der Waals surface area contributed by atoms with Gasteiger partial charge in [0.05, 0.1) is 0 Å². The number of H-pyrrole nitrogens is 1. The first-order valence-electron chi connectivity index (χ1n) is 8.29. The van der Waals surface area contributed by atoms with E-state index in [0.29, 0.717) is 19.5 Å². The van der Waals surface area contributed by atoms with Gasteiger partial charge in [0, 0.05) is 25.6 Å². The van der Waals surface area contributed by atoms with Crippen LogP contribution >= 0.6 is 0 Å². The smallest absolute Gasteiger partial charge is 0.343 e. The molecule has 1 saturated heterocycles. The maximum Gasteiger partial charge on any atom is 0.343 e. The largest absolute Gasteiger partial charge is 0.480 e. The number of nitrogens with zero attached hydrogens (tertiary/aromatic N) is 3. The van der Waals surface area contributed by atoms with Gasteiger partial charge in [-0.3, -0.25) is 9.36 Å². The molecule has 0 spiro atoms. The van der Waals surface area contributed by atoms with Crippen molar-refractivity contribution in [3.63, 3.8) is 0 Å². The van der Waals surface area contributed by atoms with Crippen LogP contribution in [0, 0.1) is 6.92 Å². The number of fused-ring (bicyclic) bond motifs is 1. The van der Waals surface area contributed by atoms with Crippen molar-refractivity contribution in [2.24, 2.45) is 0 Å². The van der Waals surface area contributed by atoms with Gasteiger partial charge in [0.25, 0.3) is 5.91 Å². The van der Waals surface area contributed by atoms with E-state index in [1.165, 1.54) is 6.33 Å². The Labute approximate surface area is 139 Å². The average Bonchev–Trinajstić information content (AvgIpc) is 3.21. The summed E-state index contributed by atoms with van der Waals surface area (Å²) in [5, 5.41) is 6.19. The number of piperidine rings is 1. The molecule has 1 aromatic carbocycles. The molecule has 1 N–H and O–H groups in total. The molecule has 0 bridgehead atoms. The summed E-state index contributed by atoms with van der Waals surface area (Å²) in [6.45, 7) is 3.27. The number of aromatic amines is 1. The number of ether oxygens (including phenoxy) is 1. The van der Waals surface area contributed by atoms with Crippen LogP contribution in [0.4, 0.5) is 0 Å². The molecule has 126 valence electrons. The molecule has 1 amide bonds. The number of benzene rings is 1. The van der Waals surface area contributed by atoms with E-state index in [2.05, 4.69) is 10.2 Å². The molecule has 1 aromatic heterocycles. The fraction of sp³-hybridized carbons (Fsp3) is 0.471. The fourth-order valence-electron chi connectivity index (χ4n) is 3.65. The summed E-state index contributed by atoms with van der Waals surface area (Å²) in [7, 11) is 0. The van der Waals surface area contributed by atoms with Crippen LogP contribution < -0.4 is 10.4 Å². The van der Waals surface area contributed by atoms with Crippen LogP contribution in [-0.4, -0.2) is 44.8 Å². The second-order valence-electron chi connectivity index (χ2n) is 6.50. The molecule has 4 rings (SSSR count). The first-order valence-corrected chi connectivity index (χ1v) is 8.29. The zero-order valence-electron chi connectivity index (χ0n) is 13.6. The second-order valence-corrected chi connectivity index (χ2v) is 6.50. The summed E-state index contributed by atoms with van der Waals surface area (Å²) in [5.74, 6) is 0.902. The van der Waals surface area contributed by atoms with Crippen molar-refractivity contribution in [2.75, 3.05) is 13.1 Å². The summed E-state index contributed by atoms with van der Waals surface area (Å²) in [4.78, 5) is 26.3. The van der Waals surface area contributed by atoms with Gasteiger partial charge in [-0.15, -0.1) is 0 Å². The van der Waals surface area contributed by atoms with Crippen LogP contribution in [0.25, 0.3) is 0 Å². The summed E-state index contributed by atoms with van der Waals surface area (Å²) < 4.78 is 7.53. The number of nitrogens with one attached hydrogen (secondary N) is 1. The van der Waals surface area contributed by atoms with Gasteiger partial charge >= 0.3 is 5.69 Å². The third-order valence-corrected chi connectivity index (χ3v) is 4.98. The highest BCUT2D eigenvalue weighted by Gasteiger charge is 2.35. The SMILES string of the molecule is Cc1cccc2c1OC(C(=O)N1CCC(n3cn[nH]c3=O)CC1)C2. The number of amides is 1. The standard InChI is InChI=1S/C17H20N4O3/c1-11-3-2-4-12-9-14(24-15(11)12)16(22)20-7-5-13(6-8-20)21-10-18-19-17(21)23/h2-4,10,13-14H,5-9H2,1H3,(H,19,23). The van der Waals surface area contributed by atoms with Crippen molar-refractivity contribution >= 4 is 5.91 Å². The molecule has 2 aliphatic heterocycles. The predicted octanol–water partition coefficient (Wildman–Crippen LogP) is 1.05. The highest BCUT2D eigenvalue weighted by Crippen LogP contribution is 2.33. The van der Waals surface area contributed by atoms with Crippen LogP contribution in [0.2, 0.25) is 0 Å². The topological polar surface area (TPSA) is 80.2 Å². The van der Waals surface area contributed by atoms with Crippen molar-refractivity contribution in [2.45, 2.75) is 38.3 Å². The molecule has 24 heavy (non-hydrogen) atoms. The van der Waals surface area contributed by atoms with Crippen LogP contribution in [0.15, 0.2) is 29.3 Å². The van der Waals surface area contributed by atoms with Crippen LogP contribution in [0.5, 0.6) is 5.75 Å². The number of likely N-dealkylation sites (tertiary alicyclic amines) is 1. The van der Waals surface area contributed by atoms with Gasteiger partial charge in [0.15, 0.2) is 6.10 Å². The van der Waals surface area contributed by atoms with Crippen molar-refractivity contribution < 1.29 is 9.53 Å². The number of hydrogen-bond acceptors (Lipinski definition) is 4. The molecule has 1 atom stereocenters. The second kappa shape index (κ2) is 5.81. The van der Waals surface area contributed by atoms with Crippen LogP contribution in [-0.2, 0) is 11.2 Å². The van der Waals surface area contributed by atoms with E-state index in [1.54, 1.807) is 4.57 Å². The summed E-state index contributed by atoms with van der Waals surface area (Å²) in [5.41, 5.74) is 1.99. The number of carbonyl (C=O) groups excluding carboxylic acids is 1. The minimum absolute atomic E-state index is 0.0450. The molecule has 3 heterocycles. The summed E-state index contributed by atoms with van der Waals surface area (Å²) in [6.07, 6.45) is 3.25. The van der Waals surface area contributed by atoms with Gasteiger partial charge < -0.3 is 9.64 Å². The maximum atomic E-state index is 12.8. The Bertz CT molecular complexity index is 817. The predicted molar refractivity (Wildman–Crippen MR) is 87.0 cm³/mol. The number of aromatic nitrogens is 3. The van der Waals surface area contributed by atoms with Gasteiger partial charge in [0.2, 0.25) is 0 Å². The number of aryl methyl sites for hydroxylation is 1. The van der Waals surface area contributed by atoms with Gasteiger partial charge in [-0.1, -0.05) is 18.2 Å². The molecule has 0 saturated carbocycles.